The quantitative estimate of drug-likeness (QED) is 0.507. The van der Waals surface area contributed by atoms with Crippen LogP contribution in [0.25, 0.3) is 11.1 Å². The molecule has 8 nitrogen and oxygen atoms in total. The SMILES string of the molecule is CCc1ncc(Oc2nc3c(c(N4CC[C@H](N)C4)n2)-c2cc(F)cc(NC)c2C3)cn1. The van der Waals surface area contributed by atoms with E-state index in [4.69, 9.17) is 15.5 Å². The number of hydrogen-bond acceptors (Lipinski definition) is 8. The summed E-state index contributed by atoms with van der Waals surface area (Å²) in [5.41, 5.74) is 10.4. The fourth-order valence-electron chi connectivity index (χ4n) is 4.25. The van der Waals surface area contributed by atoms with Crippen molar-refractivity contribution in [2.24, 2.45) is 5.73 Å². The summed E-state index contributed by atoms with van der Waals surface area (Å²) in [7, 11) is 1.79. The summed E-state index contributed by atoms with van der Waals surface area (Å²) >= 11 is 0. The second-order valence-electron chi connectivity index (χ2n) is 7.84. The number of anilines is 2. The molecular weight excluding hydrogens is 397 g/mol. The van der Waals surface area contributed by atoms with Crippen LogP contribution in [0.1, 0.15) is 30.4 Å². The van der Waals surface area contributed by atoms with Gasteiger partial charge >= 0.3 is 6.01 Å². The predicted molar refractivity (Wildman–Crippen MR) is 116 cm³/mol. The average Bonchev–Trinajstić information content (AvgIpc) is 3.36. The van der Waals surface area contributed by atoms with Crippen LogP contribution < -0.4 is 20.7 Å². The predicted octanol–water partition coefficient (Wildman–Crippen LogP) is 2.91. The van der Waals surface area contributed by atoms with Crippen molar-refractivity contribution in [2.75, 3.05) is 30.4 Å². The second-order valence-corrected chi connectivity index (χ2v) is 7.84. The van der Waals surface area contributed by atoms with E-state index in [-0.39, 0.29) is 17.9 Å². The number of aromatic nitrogens is 4. The van der Waals surface area contributed by atoms with Gasteiger partial charge in [-0.3, -0.25) is 0 Å². The van der Waals surface area contributed by atoms with E-state index in [1.807, 2.05) is 6.92 Å². The van der Waals surface area contributed by atoms with Crippen molar-refractivity contribution in [1.29, 1.82) is 0 Å². The Balaban J connectivity index is 1.60. The Bertz CT molecular complexity index is 1140. The van der Waals surface area contributed by atoms with Crippen LogP contribution in [0.15, 0.2) is 24.5 Å². The van der Waals surface area contributed by atoms with Gasteiger partial charge in [-0.15, -0.1) is 0 Å². The molecule has 3 heterocycles. The fourth-order valence-corrected chi connectivity index (χ4v) is 4.25. The van der Waals surface area contributed by atoms with Crippen molar-refractivity contribution in [3.63, 3.8) is 0 Å². The maximum atomic E-state index is 14.4. The third-order valence-corrected chi connectivity index (χ3v) is 5.77. The van der Waals surface area contributed by atoms with Crippen molar-refractivity contribution in [1.82, 2.24) is 19.9 Å². The van der Waals surface area contributed by atoms with Gasteiger partial charge in [0, 0.05) is 50.3 Å². The van der Waals surface area contributed by atoms with Gasteiger partial charge in [0.2, 0.25) is 0 Å². The van der Waals surface area contributed by atoms with Gasteiger partial charge in [-0.05, 0) is 29.7 Å². The van der Waals surface area contributed by atoms with Crippen LogP contribution in [0, 0.1) is 5.82 Å². The molecule has 2 aromatic heterocycles. The molecular formula is C22H24FN7O. The summed E-state index contributed by atoms with van der Waals surface area (Å²) in [6, 6.07) is 3.36. The molecule has 0 amide bonds. The number of benzene rings is 1. The number of ether oxygens (including phenoxy) is 1. The summed E-state index contributed by atoms with van der Waals surface area (Å²) in [5, 5.41) is 3.09. The Hall–Kier alpha value is -3.33. The average molecular weight is 421 g/mol. The number of halogens is 1. The monoisotopic (exact) mass is 421 g/mol. The van der Waals surface area contributed by atoms with E-state index < -0.39 is 0 Å². The summed E-state index contributed by atoms with van der Waals surface area (Å²) in [5.74, 6) is 1.64. The summed E-state index contributed by atoms with van der Waals surface area (Å²) in [6.45, 7) is 3.45. The molecule has 3 aromatic rings. The number of rotatable bonds is 5. The molecule has 5 rings (SSSR count). The normalized spacial score (nSPS) is 16.9. The van der Waals surface area contributed by atoms with Crippen LogP contribution in [-0.2, 0) is 12.8 Å². The number of hydrogen-bond donors (Lipinski definition) is 2. The van der Waals surface area contributed by atoms with E-state index in [0.717, 1.165) is 59.1 Å². The molecule has 0 bridgehead atoms. The van der Waals surface area contributed by atoms with E-state index in [9.17, 15) is 4.39 Å². The first kappa shape index (κ1) is 19.6. The molecule has 0 spiro atoms. The van der Waals surface area contributed by atoms with Crippen LogP contribution in [0.2, 0.25) is 0 Å². The van der Waals surface area contributed by atoms with Gasteiger partial charge < -0.3 is 20.7 Å². The standard InChI is InChI=1S/C22H24FN7O/c1-3-19-26-9-14(10-27-19)31-22-28-18-8-15-16(6-12(23)7-17(15)25-2)20(18)21(29-22)30-5-4-13(24)11-30/h6-7,9-10,13,25H,3-5,8,11,24H2,1-2H3/t13-/m0/s1. The first-order chi connectivity index (χ1) is 15.1. The second kappa shape index (κ2) is 7.73. The zero-order chi connectivity index (χ0) is 21.5. The molecule has 1 atom stereocenters. The highest BCUT2D eigenvalue weighted by Gasteiger charge is 2.32. The van der Waals surface area contributed by atoms with Crippen LogP contribution >= 0.6 is 0 Å². The molecule has 160 valence electrons. The summed E-state index contributed by atoms with van der Waals surface area (Å²) in [4.78, 5) is 20.1. The molecule has 0 radical (unpaired) electrons. The number of aryl methyl sites for hydroxylation is 1. The number of nitrogens with two attached hydrogens (primary N) is 1. The molecule has 31 heavy (non-hydrogen) atoms. The largest absolute Gasteiger partial charge is 0.421 e. The molecule has 1 aromatic carbocycles. The van der Waals surface area contributed by atoms with E-state index in [0.29, 0.717) is 18.7 Å². The highest BCUT2D eigenvalue weighted by Crippen LogP contribution is 2.45. The zero-order valence-corrected chi connectivity index (χ0v) is 17.5. The molecule has 2 aliphatic rings. The molecule has 9 heteroatoms. The topological polar surface area (TPSA) is 102 Å². The Morgan fingerprint density at radius 3 is 2.74 bits per heavy atom. The molecule has 1 aliphatic heterocycles. The summed E-state index contributed by atoms with van der Waals surface area (Å²) in [6.07, 6.45) is 5.43. The Labute approximate surface area is 179 Å². The smallest absolute Gasteiger partial charge is 0.324 e. The highest BCUT2D eigenvalue weighted by atomic mass is 19.1. The highest BCUT2D eigenvalue weighted by molar-refractivity contribution is 5.88. The first-order valence-electron chi connectivity index (χ1n) is 10.5. The molecule has 0 saturated carbocycles. The minimum atomic E-state index is -0.298. The van der Waals surface area contributed by atoms with Gasteiger partial charge in [0.05, 0.1) is 18.1 Å². The van der Waals surface area contributed by atoms with Crippen LogP contribution in [-0.4, -0.2) is 46.1 Å². The fraction of sp³-hybridized carbons (Fsp3) is 0.364. The number of nitrogens with one attached hydrogen (secondary N) is 1. The lowest BCUT2D eigenvalue weighted by atomic mass is 10.0. The Morgan fingerprint density at radius 2 is 2.06 bits per heavy atom. The molecule has 3 N–H and O–H groups in total. The van der Waals surface area contributed by atoms with Crippen molar-refractivity contribution < 1.29 is 9.13 Å². The maximum absolute atomic E-state index is 14.4. The lowest BCUT2D eigenvalue weighted by Crippen LogP contribution is -2.27. The molecule has 1 fully saturated rings. The number of nitrogens with zero attached hydrogens (tertiary/aromatic N) is 5. The Morgan fingerprint density at radius 1 is 1.26 bits per heavy atom. The lowest BCUT2D eigenvalue weighted by Gasteiger charge is -2.21. The van der Waals surface area contributed by atoms with E-state index in [2.05, 4.69) is 25.2 Å². The van der Waals surface area contributed by atoms with Gasteiger partial charge in [0.1, 0.15) is 17.5 Å². The minimum Gasteiger partial charge on any atom is -0.421 e. The van der Waals surface area contributed by atoms with E-state index >= 15 is 0 Å². The Kier molecular flexibility index (Phi) is 4.90. The third-order valence-electron chi connectivity index (χ3n) is 5.77. The van der Waals surface area contributed by atoms with Gasteiger partial charge in [-0.25, -0.2) is 14.4 Å². The lowest BCUT2D eigenvalue weighted by molar-refractivity contribution is 0.435. The van der Waals surface area contributed by atoms with Gasteiger partial charge in [0.15, 0.2) is 5.75 Å². The van der Waals surface area contributed by atoms with Crippen molar-refractivity contribution >= 4 is 11.5 Å². The van der Waals surface area contributed by atoms with Crippen LogP contribution in [0.4, 0.5) is 15.9 Å². The molecule has 0 unspecified atom stereocenters. The third kappa shape index (κ3) is 3.54. The van der Waals surface area contributed by atoms with Gasteiger partial charge in [0.25, 0.3) is 0 Å². The van der Waals surface area contributed by atoms with E-state index in [1.54, 1.807) is 25.5 Å². The summed E-state index contributed by atoms with van der Waals surface area (Å²) < 4.78 is 20.3. The maximum Gasteiger partial charge on any atom is 0.324 e. The van der Waals surface area contributed by atoms with Crippen LogP contribution in [0.5, 0.6) is 11.8 Å². The first-order valence-corrected chi connectivity index (χ1v) is 10.5. The van der Waals surface area contributed by atoms with Crippen molar-refractivity contribution in [3.05, 3.63) is 47.4 Å². The zero-order valence-electron chi connectivity index (χ0n) is 17.5. The van der Waals surface area contributed by atoms with Crippen LogP contribution in [0.3, 0.4) is 0 Å². The van der Waals surface area contributed by atoms with E-state index in [1.165, 1.54) is 6.07 Å². The van der Waals surface area contributed by atoms with Gasteiger partial charge in [-0.2, -0.15) is 9.97 Å². The molecule has 1 saturated heterocycles. The molecule has 1 aliphatic carbocycles. The van der Waals surface area contributed by atoms with Gasteiger partial charge in [-0.1, -0.05) is 6.92 Å². The number of fused-ring (bicyclic) bond motifs is 3. The van der Waals surface area contributed by atoms with Crippen molar-refractivity contribution in [2.45, 2.75) is 32.2 Å². The van der Waals surface area contributed by atoms with Crippen molar-refractivity contribution in [3.8, 4) is 22.9 Å². The minimum absolute atomic E-state index is 0.0752.